The lowest BCUT2D eigenvalue weighted by molar-refractivity contribution is 0.0826. The molecule has 2 heterocycles. The molecule has 4 rings (SSSR count). The maximum atomic E-state index is 12.7. The summed E-state index contributed by atoms with van der Waals surface area (Å²) < 4.78 is 16.1. The third kappa shape index (κ3) is 4.24. The van der Waals surface area contributed by atoms with Crippen molar-refractivity contribution >= 4 is 5.91 Å². The number of carbonyl (C=O) groups is 1. The van der Waals surface area contributed by atoms with Crippen LogP contribution in [0.2, 0.25) is 0 Å². The molecule has 2 fully saturated rings. The summed E-state index contributed by atoms with van der Waals surface area (Å²) in [7, 11) is 4.99. The predicted octanol–water partition coefficient (Wildman–Crippen LogP) is 3.64. The number of fused-ring (bicyclic) bond motifs is 2. The van der Waals surface area contributed by atoms with Gasteiger partial charge in [0.2, 0.25) is 0 Å². The van der Waals surface area contributed by atoms with Crippen molar-refractivity contribution in [1.29, 1.82) is 0 Å². The second-order valence-electron chi connectivity index (χ2n) is 8.11. The van der Waals surface area contributed by atoms with E-state index in [0.717, 1.165) is 36.6 Å². The summed E-state index contributed by atoms with van der Waals surface area (Å²) in [5.41, 5.74) is 1.85. The van der Waals surface area contributed by atoms with E-state index in [9.17, 15) is 4.79 Å². The van der Waals surface area contributed by atoms with E-state index < -0.39 is 0 Å². The Morgan fingerprint density at radius 3 is 2.17 bits per heavy atom. The molecule has 0 aromatic heterocycles. The maximum Gasteiger partial charge on any atom is 0.251 e. The molecule has 160 valence electrons. The average molecular weight is 411 g/mol. The molecule has 1 N–H and O–H groups in total. The van der Waals surface area contributed by atoms with Crippen molar-refractivity contribution in [3.63, 3.8) is 0 Å². The Morgan fingerprint density at radius 2 is 1.57 bits per heavy atom. The van der Waals surface area contributed by atoms with Gasteiger partial charge in [0.1, 0.15) is 17.2 Å². The monoisotopic (exact) mass is 410 g/mol. The Bertz CT molecular complexity index is 869. The topological polar surface area (TPSA) is 60.0 Å². The number of piperidine rings is 1. The van der Waals surface area contributed by atoms with Gasteiger partial charge in [-0.05, 0) is 56.0 Å². The molecule has 0 spiro atoms. The summed E-state index contributed by atoms with van der Waals surface area (Å²) in [5, 5.41) is 3.25. The van der Waals surface area contributed by atoms with E-state index in [2.05, 4.69) is 16.3 Å². The van der Waals surface area contributed by atoms with Crippen LogP contribution in [-0.2, 0) is 6.54 Å². The summed E-state index contributed by atoms with van der Waals surface area (Å²) in [4.78, 5) is 15.3. The van der Waals surface area contributed by atoms with Crippen molar-refractivity contribution in [3.05, 3.63) is 53.6 Å². The number of hydrogen-bond acceptors (Lipinski definition) is 5. The molecule has 2 unspecified atom stereocenters. The van der Waals surface area contributed by atoms with Gasteiger partial charge >= 0.3 is 0 Å². The van der Waals surface area contributed by atoms with Crippen LogP contribution < -0.4 is 19.5 Å². The fourth-order valence-electron chi connectivity index (χ4n) is 4.84. The minimum atomic E-state index is -0.00710. The molecule has 2 aliphatic heterocycles. The molecule has 1 amide bonds. The molecule has 2 aliphatic rings. The quantitative estimate of drug-likeness (QED) is 0.755. The van der Waals surface area contributed by atoms with Crippen LogP contribution in [0.4, 0.5) is 0 Å². The summed E-state index contributed by atoms with van der Waals surface area (Å²) in [5.74, 6) is 2.42. The molecule has 2 aromatic carbocycles. The fourth-order valence-corrected chi connectivity index (χ4v) is 4.84. The van der Waals surface area contributed by atoms with Gasteiger partial charge in [-0.2, -0.15) is 0 Å². The van der Waals surface area contributed by atoms with Crippen molar-refractivity contribution in [2.24, 2.45) is 0 Å². The van der Waals surface area contributed by atoms with Crippen LogP contribution in [0, 0.1) is 0 Å². The number of nitrogens with zero attached hydrogens (tertiary/aromatic N) is 1. The Morgan fingerprint density at radius 1 is 0.933 bits per heavy atom. The Hall–Kier alpha value is -2.73. The largest absolute Gasteiger partial charge is 0.497 e. The van der Waals surface area contributed by atoms with Gasteiger partial charge in [-0.25, -0.2) is 0 Å². The highest BCUT2D eigenvalue weighted by atomic mass is 16.5. The minimum Gasteiger partial charge on any atom is -0.497 e. The van der Waals surface area contributed by atoms with Crippen molar-refractivity contribution in [3.8, 4) is 17.2 Å². The van der Waals surface area contributed by atoms with Gasteiger partial charge in [0.15, 0.2) is 0 Å². The van der Waals surface area contributed by atoms with E-state index in [1.807, 2.05) is 36.4 Å². The Labute approximate surface area is 178 Å². The molecule has 6 heteroatoms. The molecule has 2 saturated heterocycles. The third-order valence-corrected chi connectivity index (χ3v) is 6.42. The molecular formula is C24H30N2O4. The molecule has 2 aromatic rings. The number of ether oxygens (including phenoxy) is 3. The van der Waals surface area contributed by atoms with E-state index in [1.54, 1.807) is 21.3 Å². The minimum absolute atomic E-state index is 0.00710. The molecule has 2 bridgehead atoms. The zero-order valence-corrected chi connectivity index (χ0v) is 17.9. The first kappa shape index (κ1) is 20.5. The standard InChI is InChI=1S/C24H30N2O4/c1-28-21-9-4-16(5-10-21)24(27)25-18-12-19-7-8-20(13-18)26(19)15-17-6-11-22(29-2)14-23(17)30-3/h4-6,9-11,14,18-20H,7-8,12-13,15H2,1-3H3,(H,25,27). The zero-order valence-electron chi connectivity index (χ0n) is 17.9. The summed E-state index contributed by atoms with van der Waals surface area (Å²) >= 11 is 0. The average Bonchev–Trinajstić information content (AvgIpc) is 3.01. The number of amides is 1. The van der Waals surface area contributed by atoms with Gasteiger partial charge in [-0.3, -0.25) is 9.69 Å². The van der Waals surface area contributed by atoms with Gasteiger partial charge in [-0.15, -0.1) is 0 Å². The normalized spacial score (nSPS) is 23.1. The molecule has 6 nitrogen and oxygen atoms in total. The third-order valence-electron chi connectivity index (χ3n) is 6.42. The maximum absolute atomic E-state index is 12.7. The van der Waals surface area contributed by atoms with Crippen LogP contribution in [0.1, 0.15) is 41.6 Å². The highest BCUT2D eigenvalue weighted by Crippen LogP contribution is 2.38. The first-order chi connectivity index (χ1) is 14.6. The van der Waals surface area contributed by atoms with Crippen LogP contribution >= 0.6 is 0 Å². The molecule has 0 aliphatic carbocycles. The zero-order chi connectivity index (χ0) is 21.1. The summed E-state index contributed by atoms with van der Waals surface area (Å²) in [6.07, 6.45) is 4.32. The van der Waals surface area contributed by atoms with E-state index in [-0.39, 0.29) is 11.9 Å². The summed E-state index contributed by atoms with van der Waals surface area (Å²) in [6, 6.07) is 14.5. The van der Waals surface area contributed by atoms with Crippen LogP contribution in [-0.4, -0.2) is 50.3 Å². The first-order valence-corrected chi connectivity index (χ1v) is 10.5. The molecule has 0 radical (unpaired) electrons. The van der Waals surface area contributed by atoms with Gasteiger partial charge in [0, 0.05) is 41.9 Å². The van der Waals surface area contributed by atoms with Crippen molar-refractivity contribution < 1.29 is 19.0 Å². The lowest BCUT2D eigenvalue weighted by atomic mass is 9.96. The van der Waals surface area contributed by atoms with E-state index >= 15 is 0 Å². The second kappa shape index (κ2) is 8.96. The molecular weight excluding hydrogens is 380 g/mol. The van der Waals surface area contributed by atoms with Crippen LogP contribution in [0.5, 0.6) is 17.2 Å². The highest BCUT2D eigenvalue weighted by Gasteiger charge is 2.41. The Kier molecular flexibility index (Phi) is 6.13. The van der Waals surface area contributed by atoms with Crippen LogP contribution in [0.15, 0.2) is 42.5 Å². The van der Waals surface area contributed by atoms with Crippen LogP contribution in [0.25, 0.3) is 0 Å². The van der Waals surface area contributed by atoms with Gasteiger partial charge < -0.3 is 19.5 Å². The van der Waals surface area contributed by atoms with Crippen LogP contribution in [0.3, 0.4) is 0 Å². The lowest BCUT2D eigenvalue weighted by Gasteiger charge is -2.39. The molecule has 0 saturated carbocycles. The highest BCUT2D eigenvalue weighted by molar-refractivity contribution is 5.94. The fraction of sp³-hybridized carbons (Fsp3) is 0.458. The number of rotatable bonds is 7. The van der Waals surface area contributed by atoms with E-state index in [1.165, 1.54) is 18.4 Å². The smallest absolute Gasteiger partial charge is 0.251 e. The van der Waals surface area contributed by atoms with Gasteiger partial charge in [0.05, 0.1) is 21.3 Å². The van der Waals surface area contributed by atoms with E-state index in [0.29, 0.717) is 17.6 Å². The number of methoxy groups -OCH3 is 3. The second-order valence-corrected chi connectivity index (χ2v) is 8.11. The van der Waals surface area contributed by atoms with Crippen molar-refractivity contribution in [1.82, 2.24) is 10.2 Å². The van der Waals surface area contributed by atoms with Crippen molar-refractivity contribution in [2.45, 2.75) is 50.4 Å². The first-order valence-electron chi connectivity index (χ1n) is 10.5. The molecule has 2 atom stereocenters. The lowest BCUT2D eigenvalue weighted by Crippen LogP contribution is -2.50. The number of benzene rings is 2. The Balaban J connectivity index is 1.39. The van der Waals surface area contributed by atoms with Crippen molar-refractivity contribution in [2.75, 3.05) is 21.3 Å². The number of hydrogen-bond donors (Lipinski definition) is 1. The number of carbonyl (C=O) groups excluding carboxylic acids is 1. The number of nitrogens with one attached hydrogen (secondary N) is 1. The summed E-state index contributed by atoms with van der Waals surface area (Å²) in [6.45, 7) is 0.863. The predicted molar refractivity (Wildman–Crippen MR) is 115 cm³/mol. The SMILES string of the molecule is COc1ccc(C(=O)NC2CC3CCC(C2)N3Cc2ccc(OC)cc2OC)cc1. The van der Waals surface area contributed by atoms with Gasteiger partial charge in [-0.1, -0.05) is 6.07 Å². The molecule has 30 heavy (non-hydrogen) atoms. The van der Waals surface area contributed by atoms with Gasteiger partial charge in [0.25, 0.3) is 5.91 Å². The van der Waals surface area contributed by atoms with E-state index in [4.69, 9.17) is 14.2 Å².